The monoisotopic (exact) mass is 142 g/mol. The normalized spacial score (nSPS) is 10.0. The van der Waals surface area contributed by atoms with Gasteiger partial charge in [-0.25, -0.2) is 9.49 Å². The fourth-order valence-corrected chi connectivity index (χ4v) is 1.71. The molecule has 1 heterocycles. The molecular weight excluding hydrogens is 131 g/mol. The molecule has 0 atom stereocenters. The molecule has 0 aliphatic heterocycles. The Morgan fingerprint density at radius 2 is 1.56 bits per heavy atom. The Hall–Kier alpha value is -0.360. The summed E-state index contributed by atoms with van der Waals surface area (Å²) in [4.78, 5) is 0. The summed E-state index contributed by atoms with van der Waals surface area (Å²) in [5.74, 6) is 0. The van der Waals surface area contributed by atoms with Crippen LogP contribution in [-0.2, 0) is 12.8 Å². The first-order valence-corrected chi connectivity index (χ1v) is 4.16. The van der Waals surface area contributed by atoms with Crippen LogP contribution in [0.2, 0.25) is 0 Å². The van der Waals surface area contributed by atoms with Crippen molar-refractivity contribution < 1.29 is 0 Å². The molecule has 0 amide bonds. The lowest BCUT2D eigenvalue weighted by molar-refractivity contribution is 0.979. The lowest BCUT2D eigenvalue weighted by atomic mass is 10.2. The van der Waals surface area contributed by atoms with E-state index in [2.05, 4.69) is 23.3 Å². The van der Waals surface area contributed by atoms with Gasteiger partial charge in [0.15, 0.2) is 0 Å². The number of nitrogens with zero attached hydrogens (tertiary/aromatic N) is 2. The average Bonchev–Trinajstić information content (AvgIpc) is 2.33. The Morgan fingerprint density at radius 3 is 1.89 bits per heavy atom. The molecule has 0 aromatic carbocycles. The molecule has 0 fully saturated rings. The number of rotatable bonds is 2. The highest BCUT2D eigenvalue weighted by atomic mass is 31.1. The SMILES string of the molecule is CCc1n[pH]nc1CC. The average molecular weight is 142 g/mol. The zero-order chi connectivity index (χ0) is 6.69. The molecule has 1 aromatic heterocycles. The summed E-state index contributed by atoms with van der Waals surface area (Å²) in [5.41, 5.74) is 2.44. The summed E-state index contributed by atoms with van der Waals surface area (Å²) in [7, 11) is 0.459. The molecule has 1 rings (SSSR count). The van der Waals surface area contributed by atoms with Gasteiger partial charge in [0, 0.05) is 0 Å². The topological polar surface area (TPSA) is 25.8 Å². The Labute approximate surface area is 56.9 Å². The maximum Gasteiger partial charge on any atom is 0.0675 e. The van der Waals surface area contributed by atoms with Gasteiger partial charge in [0.25, 0.3) is 0 Å². The van der Waals surface area contributed by atoms with Crippen LogP contribution in [0.3, 0.4) is 0 Å². The third-order valence-electron chi connectivity index (χ3n) is 1.37. The van der Waals surface area contributed by atoms with Gasteiger partial charge in [-0.1, -0.05) is 13.8 Å². The van der Waals surface area contributed by atoms with Crippen molar-refractivity contribution >= 4 is 8.51 Å². The van der Waals surface area contributed by atoms with Crippen molar-refractivity contribution in [2.75, 3.05) is 0 Å². The highest BCUT2D eigenvalue weighted by molar-refractivity contribution is 7.20. The summed E-state index contributed by atoms with van der Waals surface area (Å²) in [6.45, 7) is 4.25. The molecule has 0 aliphatic rings. The number of hydrogen-bond acceptors (Lipinski definition) is 2. The Balaban J connectivity index is 2.85. The van der Waals surface area contributed by atoms with Crippen molar-refractivity contribution in [1.82, 2.24) is 9.49 Å². The number of aryl methyl sites for hydroxylation is 2. The second kappa shape index (κ2) is 2.98. The van der Waals surface area contributed by atoms with Gasteiger partial charge in [-0.2, -0.15) is 0 Å². The zero-order valence-corrected chi connectivity index (χ0v) is 6.81. The van der Waals surface area contributed by atoms with Crippen molar-refractivity contribution in [1.29, 1.82) is 0 Å². The van der Waals surface area contributed by atoms with Gasteiger partial charge in [0.2, 0.25) is 0 Å². The molecule has 0 aliphatic carbocycles. The van der Waals surface area contributed by atoms with Crippen LogP contribution < -0.4 is 0 Å². The van der Waals surface area contributed by atoms with Crippen LogP contribution in [0.1, 0.15) is 25.2 Å². The van der Waals surface area contributed by atoms with Crippen LogP contribution in [0.15, 0.2) is 0 Å². The van der Waals surface area contributed by atoms with E-state index in [1.165, 1.54) is 11.4 Å². The standard InChI is InChI=1S/C6H11N2P/c1-3-5-6(4-2)8-9-7-5/h9H,3-4H2,1-2H3. The van der Waals surface area contributed by atoms with Crippen LogP contribution in [0.25, 0.3) is 0 Å². The second-order valence-corrected chi connectivity index (χ2v) is 2.57. The third-order valence-corrected chi connectivity index (χ3v) is 2.11. The van der Waals surface area contributed by atoms with Crippen LogP contribution in [0.5, 0.6) is 0 Å². The maximum absolute atomic E-state index is 4.25. The predicted molar refractivity (Wildman–Crippen MR) is 40.3 cm³/mol. The molecule has 0 bridgehead atoms. The number of aromatic nitrogens is 2. The third kappa shape index (κ3) is 1.31. The smallest absolute Gasteiger partial charge is 0.0675 e. The van der Waals surface area contributed by atoms with Crippen molar-refractivity contribution in [3.63, 3.8) is 0 Å². The minimum Gasteiger partial charge on any atom is -0.224 e. The minimum atomic E-state index is 0.459. The van der Waals surface area contributed by atoms with Crippen molar-refractivity contribution in [2.45, 2.75) is 26.7 Å². The van der Waals surface area contributed by atoms with E-state index in [-0.39, 0.29) is 0 Å². The molecular formula is C6H11N2P. The van der Waals surface area contributed by atoms with E-state index < -0.39 is 0 Å². The first-order chi connectivity index (χ1) is 4.38. The Morgan fingerprint density at radius 1 is 1.11 bits per heavy atom. The first kappa shape index (κ1) is 6.76. The Kier molecular flexibility index (Phi) is 2.23. The summed E-state index contributed by atoms with van der Waals surface area (Å²) in [6.07, 6.45) is 2.08. The first-order valence-electron chi connectivity index (χ1n) is 3.27. The van der Waals surface area contributed by atoms with Crippen LogP contribution >= 0.6 is 8.51 Å². The van der Waals surface area contributed by atoms with Gasteiger partial charge in [0.05, 0.1) is 19.9 Å². The molecule has 1 aromatic rings. The fraction of sp³-hybridized carbons (Fsp3) is 0.667. The summed E-state index contributed by atoms with van der Waals surface area (Å²) >= 11 is 0. The lowest BCUT2D eigenvalue weighted by Crippen LogP contribution is -1.87. The molecule has 50 valence electrons. The van der Waals surface area contributed by atoms with Gasteiger partial charge in [0.1, 0.15) is 0 Å². The van der Waals surface area contributed by atoms with Gasteiger partial charge in [-0.3, -0.25) is 0 Å². The maximum atomic E-state index is 4.25. The molecule has 0 radical (unpaired) electrons. The summed E-state index contributed by atoms with van der Waals surface area (Å²) in [6, 6.07) is 0. The quantitative estimate of drug-likeness (QED) is 0.627. The molecule has 3 heteroatoms. The summed E-state index contributed by atoms with van der Waals surface area (Å²) < 4.78 is 8.49. The molecule has 0 spiro atoms. The van der Waals surface area contributed by atoms with Gasteiger partial charge in [-0.05, 0) is 12.8 Å². The highest BCUT2D eigenvalue weighted by Crippen LogP contribution is 2.09. The van der Waals surface area contributed by atoms with E-state index in [1.807, 2.05) is 0 Å². The fourth-order valence-electron chi connectivity index (χ4n) is 0.841. The van der Waals surface area contributed by atoms with Crippen LogP contribution in [-0.4, -0.2) is 9.49 Å². The van der Waals surface area contributed by atoms with E-state index in [0.717, 1.165) is 12.8 Å². The second-order valence-electron chi connectivity index (χ2n) is 1.92. The molecule has 0 saturated carbocycles. The molecule has 2 nitrogen and oxygen atoms in total. The predicted octanol–water partition coefficient (Wildman–Crippen LogP) is 1.63. The van der Waals surface area contributed by atoms with Crippen molar-refractivity contribution in [3.05, 3.63) is 11.4 Å². The van der Waals surface area contributed by atoms with Crippen molar-refractivity contribution in [2.24, 2.45) is 0 Å². The molecule has 0 unspecified atom stereocenters. The summed E-state index contributed by atoms with van der Waals surface area (Å²) in [5, 5.41) is 0. The number of hydrogen-bond donors (Lipinski definition) is 0. The van der Waals surface area contributed by atoms with Crippen molar-refractivity contribution in [3.8, 4) is 0 Å². The van der Waals surface area contributed by atoms with Gasteiger partial charge >= 0.3 is 0 Å². The minimum absolute atomic E-state index is 0.459. The van der Waals surface area contributed by atoms with E-state index in [9.17, 15) is 0 Å². The van der Waals surface area contributed by atoms with E-state index in [4.69, 9.17) is 0 Å². The van der Waals surface area contributed by atoms with Crippen LogP contribution in [0, 0.1) is 0 Å². The van der Waals surface area contributed by atoms with Gasteiger partial charge in [-0.15, -0.1) is 0 Å². The zero-order valence-electron chi connectivity index (χ0n) is 5.81. The largest absolute Gasteiger partial charge is 0.224 e. The van der Waals surface area contributed by atoms with Crippen LogP contribution in [0.4, 0.5) is 0 Å². The lowest BCUT2D eigenvalue weighted by Gasteiger charge is -1.89. The molecule has 0 N–H and O–H groups in total. The van der Waals surface area contributed by atoms with E-state index in [0.29, 0.717) is 8.51 Å². The molecule has 9 heavy (non-hydrogen) atoms. The highest BCUT2D eigenvalue weighted by Gasteiger charge is 1.99. The van der Waals surface area contributed by atoms with E-state index >= 15 is 0 Å². The van der Waals surface area contributed by atoms with E-state index in [1.54, 1.807) is 0 Å². The Bertz CT molecular complexity index is 164. The van der Waals surface area contributed by atoms with Gasteiger partial charge < -0.3 is 0 Å². The molecule has 0 saturated heterocycles.